The zero-order valence-corrected chi connectivity index (χ0v) is 8.67. The van der Waals surface area contributed by atoms with Crippen molar-refractivity contribution in [2.24, 2.45) is 5.92 Å². The summed E-state index contributed by atoms with van der Waals surface area (Å²) in [5.74, 6) is 0.649. The standard InChI is InChI=1S/C8H13BrN2/c1-6(2)7(3)11-4-8(9)10-5-11/h4-7H,1-3H3. The minimum absolute atomic E-state index is 0.522. The average Bonchev–Trinajstić information content (AvgIpc) is 2.34. The Labute approximate surface area is 75.8 Å². The number of halogens is 1. The minimum Gasteiger partial charge on any atom is -0.333 e. The van der Waals surface area contributed by atoms with Crippen LogP contribution in [0.2, 0.25) is 0 Å². The van der Waals surface area contributed by atoms with E-state index in [-0.39, 0.29) is 0 Å². The summed E-state index contributed by atoms with van der Waals surface area (Å²) in [6.45, 7) is 6.61. The highest BCUT2D eigenvalue weighted by molar-refractivity contribution is 9.10. The quantitative estimate of drug-likeness (QED) is 0.744. The van der Waals surface area contributed by atoms with Gasteiger partial charge in [0.25, 0.3) is 0 Å². The molecule has 0 aliphatic heterocycles. The summed E-state index contributed by atoms with van der Waals surface area (Å²) in [6, 6.07) is 0.522. The van der Waals surface area contributed by atoms with Crippen LogP contribution in [0.5, 0.6) is 0 Å². The van der Waals surface area contributed by atoms with Gasteiger partial charge in [-0.05, 0) is 28.8 Å². The largest absolute Gasteiger partial charge is 0.333 e. The van der Waals surface area contributed by atoms with Crippen LogP contribution >= 0.6 is 15.9 Å². The van der Waals surface area contributed by atoms with E-state index < -0.39 is 0 Å². The summed E-state index contributed by atoms with van der Waals surface area (Å²) in [6.07, 6.45) is 3.86. The lowest BCUT2D eigenvalue weighted by molar-refractivity contribution is 0.407. The van der Waals surface area contributed by atoms with Crippen molar-refractivity contribution in [1.29, 1.82) is 0 Å². The molecule has 1 unspecified atom stereocenters. The van der Waals surface area contributed by atoms with Gasteiger partial charge in [-0.2, -0.15) is 0 Å². The molecule has 62 valence electrons. The number of imidazole rings is 1. The molecule has 0 fully saturated rings. The Hall–Kier alpha value is -0.310. The Bertz CT molecular complexity index is 230. The molecular formula is C8H13BrN2. The third-order valence-corrected chi connectivity index (χ3v) is 2.41. The van der Waals surface area contributed by atoms with Crippen molar-refractivity contribution in [1.82, 2.24) is 9.55 Å². The monoisotopic (exact) mass is 216 g/mol. The number of aromatic nitrogens is 2. The zero-order valence-electron chi connectivity index (χ0n) is 7.08. The summed E-state index contributed by atoms with van der Waals surface area (Å²) >= 11 is 3.32. The fourth-order valence-electron chi connectivity index (χ4n) is 0.878. The maximum absolute atomic E-state index is 4.10. The second-order valence-electron chi connectivity index (χ2n) is 3.13. The highest BCUT2D eigenvalue weighted by atomic mass is 79.9. The smallest absolute Gasteiger partial charge is 0.124 e. The second-order valence-corrected chi connectivity index (χ2v) is 3.94. The number of nitrogens with zero attached hydrogens (tertiary/aromatic N) is 2. The maximum atomic E-state index is 4.10. The molecule has 0 saturated carbocycles. The molecule has 0 amide bonds. The number of rotatable bonds is 2. The molecule has 0 bridgehead atoms. The Morgan fingerprint density at radius 2 is 2.09 bits per heavy atom. The average molecular weight is 217 g/mol. The Kier molecular flexibility index (Phi) is 2.71. The third kappa shape index (κ3) is 2.06. The van der Waals surface area contributed by atoms with Crippen molar-refractivity contribution in [3.05, 3.63) is 17.1 Å². The van der Waals surface area contributed by atoms with Crippen molar-refractivity contribution in [3.63, 3.8) is 0 Å². The van der Waals surface area contributed by atoms with E-state index in [4.69, 9.17) is 0 Å². The van der Waals surface area contributed by atoms with Gasteiger partial charge in [-0.25, -0.2) is 4.98 Å². The van der Waals surface area contributed by atoms with Gasteiger partial charge >= 0.3 is 0 Å². The minimum atomic E-state index is 0.522. The van der Waals surface area contributed by atoms with E-state index in [1.54, 1.807) is 0 Å². The van der Waals surface area contributed by atoms with Gasteiger partial charge in [0.2, 0.25) is 0 Å². The van der Waals surface area contributed by atoms with Crippen LogP contribution in [-0.4, -0.2) is 9.55 Å². The zero-order chi connectivity index (χ0) is 8.43. The number of hydrogen-bond donors (Lipinski definition) is 0. The van der Waals surface area contributed by atoms with E-state index in [0.717, 1.165) is 4.60 Å². The molecule has 0 aliphatic rings. The first-order valence-electron chi connectivity index (χ1n) is 3.80. The maximum Gasteiger partial charge on any atom is 0.124 e. The second kappa shape index (κ2) is 3.39. The molecular weight excluding hydrogens is 204 g/mol. The van der Waals surface area contributed by atoms with Crippen LogP contribution in [0.3, 0.4) is 0 Å². The predicted octanol–water partition coefficient (Wildman–Crippen LogP) is 2.86. The molecule has 1 heterocycles. The Morgan fingerprint density at radius 3 is 2.45 bits per heavy atom. The van der Waals surface area contributed by atoms with Crippen LogP contribution in [-0.2, 0) is 0 Å². The summed E-state index contributed by atoms with van der Waals surface area (Å²) in [7, 11) is 0. The van der Waals surface area contributed by atoms with Gasteiger partial charge in [-0.1, -0.05) is 13.8 Å². The van der Waals surface area contributed by atoms with Crippen molar-refractivity contribution in [3.8, 4) is 0 Å². The molecule has 1 rings (SSSR count). The molecule has 1 aromatic rings. The molecule has 0 aliphatic carbocycles. The predicted molar refractivity (Wildman–Crippen MR) is 49.5 cm³/mol. The van der Waals surface area contributed by atoms with E-state index >= 15 is 0 Å². The lowest BCUT2D eigenvalue weighted by Crippen LogP contribution is -2.08. The Balaban J connectivity index is 2.76. The van der Waals surface area contributed by atoms with Gasteiger partial charge in [0, 0.05) is 12.2 Å². The lowest BCUT2D eigenvalue weighted by atomic mass is 10.1. The van der Waals surface area contributed by atoms with Crippen LogP contribution in [0.25, 0.3) is 0 Å². The van der Waals surface area contributed by atoms with Crippen molar-refractivity contribution in [2.45, 2.75) is 26.8 Å². The fraction of sp³-hybridized carbons (Fsp3) is 0.625. The van der Waals surface area contributed by atoms with Crippen LogP contribution in [0.1, 0.15) is 26.8 Å². The van der Waals surface area contributed by atoms with Gasteiger partial charge in [0.15, 0.2) is 0 Å². The molecule has 11 heavy (non-hydrogen) atoms. The van der Waals surface area contributed by atoms with E-state index in [9.17, 15) is 0 Å². The Morgan fingerprint density at radius 1 is 1.45 bits per heavy atom. The first-order valence-corrected chi connectivity index (χ1v) is 4.59. The number of hydrogen-bond acceptors (Lipinski definition) is 1. The summed E-state index contributed by atoms with van der Waals surface area (Å²) in [5, 5.41) is 0. The molecule has 1 aromatic heterocycles. The van der Waals surface area contributed by atoms with Crippen LogP contribution in [0.15, 0.2) is 17.1 Å². The van der Waals surface area contributed by atoms with Crippen molar-refractivity contribution in [2.75, 3.05) is 0 Å². The molecule has 0 aromatic carbocycles. The molecule has 0 radical (unpaired) electrons. The molecule has 0 spiro atoms. The van der Waals surface area contributed by atoms with Gasteiger partial charge in [-0.3, -0.25) is 0 Å². The van der Waals surface area contributed by atoms with Gasteiger partial charge in [0.05, 0.1) is 6.33 Å². The molecule has 0 saturated heterocycles. The van der Waals surface area contributed by atoms with Gasteiger partial charge in [0.1, 0.15) is 4.60 Å². The van der Waals surface area contributed by atoms with E-state index in [1.165, 1.54) is 0 Å². The SMILES string of the molecule is CC(C)C(C)n1cnc(Br)c1. The van der Waals surface area contributed by atoms with Crippen LogP contribution in [0.4, 0.5) is 0 Å². The van der Waals surface area contributed by atoms with Crippen LogP contribution in [0, 0.1) is 5.92 Å². The van der Waals surface area contributed by atoms with E-state index in [1.807, 2.05) is 12.5 Å². The van der Waals surface area contributed by atoms with Crippen molar-refractivity contribution < 1.29 is 0 Å². The molecule has 1 atom stereocenters. The normalized spacial score (nSPS) is 13.9. The fourth-order valence-corrected chi connectivity index (χ4v) is 1.21. The first kappa shape index (κ1) is 8.78. The summed E-state index contributed by atoms with van der Waals surface area (Å²) in [4.78, 5) is 4.10. The highest BCUT2D eigenvalue weighted by Gasteiger charge is 2.08. The highest BCUT2D eigenvalue weighted by Crippen LogP contribution is 2.17. The van der Waals surface area contributed by atoms with E-state index in [0.29, 0.717) is 12.0 Å². The topological polar surface area (TPSA) is 17.8 Å². The third-order valence-electron chi connectivity index (χ3n) is 2.01. The molecule has 0 N–H and O–H groups in total. The first-order chi connectivity index (χ1) is 5.11. The summed E-state index contributed by atoms with van der Waals surface area (Å²) in [5.41, 5.74) is 0. The van der Waals surface area contributed by atoms with E-state index in [2.05, 4.69) is 46.3 Å². The van der Waals surface area contributed by atoms with Gasteiger partial charge < -0.3 is 4.57 Å². The summed E-state index contributed by atoms with van der Waals surface area (Å²) < 4.78 is 3.03. The van der Waals surface area contributed by atoms with Crippen molar-refractivity contribution >= 4 is 15.9 Å². The molecule has 2 nitrogen and oxygen atoms in total. The molecule has 3 heteroatoms. The van der Waals surface area contributed by atoms with Gasteiger partial charge in [-0.15, -0.1) is 0 Å². The van der Waals surface area contributed by atoms with Crippen LogP contribution < -0.4 is 0 Å². The lowest BCUT2D eigenvalue weighted by Gasteiger charge is -2.16.